The van der Waals surface area contributed by atoms with E-state index in [4.69, 9.17) is 0 Å². The average molecular weight is 366 g/mol. The van der Waals surface area contributed by atoms with Crippen LogP contribution in [-0.2, 0) is 4.79 Å². The van der Waals surface area contributed by atoms with Crippen LogP contribution in [0.1, 0.15) is 32.1 Å². The zero-order chi connectivity index (χ0) is 17.5. The summed E-state index contributed by atoms with van der Waals surface area (Å²) in [6.45, 7) is 0. The molecule has 26 heavy (non-hydrogen) atoms. The van der Waals surface area contributed by atoms with E-state index >= 15 is 0 Å². The van der Waals surface area contributed by atoms with E-state index in [0.717, 1.165) is 27.6 Å². The molecule has 4 bridgehead atoms. The zero-order valence-corrected chi connectivity index (χ0v) is 15.5. The van der Waals surface area contributed by atoms with Gasteiger partial charge in [-0.2, -0.15) is 5.10 Å². The minimum absolute atomic E-state index is 0.0239. The number of para-hydroxylation sites is 1. The smallest absolute Gasteiger partial charge is 0.250 e. The molecule has 0 aliphatic heterocycles. The van der Waals surface area contributed by atoms with Crippen molar-refractivity contribution in [3.63, 3.8) is 0 Å². The molecule has 1 heterocycles. The molecule has 1 amide bonds. The summed E-state index contributed by atoms with van der Waals surface area (Å²) in [7, 11) is 0. The second-order valence-electron chi connectivity index (χ2n) is 8.00. The highest BCUT2D eigenvalue weighted by Gasteiger charge is 2.46. The van der Waals surface area contributed by atoms with E-state index < -0.39 is 0 Å². The third kappa shape index (κ3) is 3.02. The summed E-state index contributed by atoms with van der Waals surface area (Å²) >= 11 is 1.53. The van der Waals surface area contributed by atoms with Gasteiger partial charge in [-0.1, -0.05) is 18.2 Å². The first-order chi connectivity index (χ1) is 12.8. The second-order valence-corrected chi connectivity index (χ2v) is 9.01. The van der Waals surface area contributed by atoms with Crippen LogP contribution in [0.25, 0.3) is 10.9 Å². The van der Waals surface area contributed by atoms with Crippen LogP contribution < -0.4 is 5.43 Å². The number of thioether (sulfide) groups is 1. The third-order valence-electron chi connectivity index (χ3n) is 6.24. The van der Waals surface area contributed by atoms with Crippen molar-refractivity contribution < 1.29 is 4.79 Å². The number of amides is 1. The second kappa shape index (κ2) is 6.69. The van der Waals surface area contributed by atoms with Gasteiger partial charge in [-0.15, -0.1) is 11.8 Å². The Morgan fingerprint density at radius 2 is 1.81 bits per heavy atom. The van der Waals surface area contributed by atoms with Crippen LogP contribution in [0.15, 0.2) is 46.5 Å². The van der Waals surface area contributed by atoms with E-state index in [-0.39, 0.29) is 5.91 Å². The van der Waals surface area contributed by atoms with Crippen molar-refractivity contribution in [2.45, 2.75) is 37.0 Å². The van der Waals surface area contributed by atoms with Crippen LogP contribution in [0.5, 0.6) is 0 Å². The molecule has 0 atom stereocenters. The van der Waals surface area contributed by atoms with Gasteiger partial charge in [0.1, 0.15) is 0 Å². The molecule has 4 aliphatic carbocycles. The minimum Gasteiger partial charge on any atom is -0.272 e. The van der Waals surface area contributed by atoms with E-state index in [1.807, 2.05) is 30.3 Å². The number of hydrogen-bond acceptors (Lipinski definition) is 4. The van der Waals surface area contributed by atoms with Crippen LogP contribution in [0.4, 0.5) is 0 Å². The molecule has 2 aromatic rings. The Kier molecular flexibility index (Phi) is 4.20. The number of pyridine rings is 1. The summed E-state index contributed by atoms with van der Waals surface area (Å²) in [5.41, 5.74) is 5.08. The Bertz CT molecular complexity index is 843. The SMILES string of the molecule is O=C(CSc1cccc2cccnc12)NN=C1C2CC3CC(C2)CC1C3. The molecule has 4 nitrogen and oxygen atoms in total. The molecule has 0 saturated heterocycles. The third-order valence-corrected chi connectivity index (χ3v) is 7.29. The summed E-state index contributed by atoms with van der Waals surface area (Å²) in [5, 5.41) is 5.69. The molecule has 1 N–H and O–H groups in total. The average Bonchev–Trinajstić information content (AvgIpc) is 2.65. The summed E-state index contributed by atoms with van der Waals surface area (Å²) in [5.74, 6) is 3.43. The molecular formula is C21H23N3OS. The fourth-order valence-electron chi connectivity index (χ4n) is 5.34. The van der Waals surface area contributed by atoms with Crippen molar-refractivity contribution >= 4 is 34.3 Å². The summed E-state index contributed by atoms with van der Waals surface area (Å²) in [6.07, 6.45) is 8.39. The standard InChI is InChI=1S/C21H23N3OS/c25-19(12-26-18-5-1-3-15-4-2-6-22-21(15)18)23-24-20-16-8-13-7-14(10-16)11-17(20)9-13/h1-6,13-14,16-17H,7-12H2,(H,23,25). The Morgan fingerprint density at radius 1 is 1.08 bits per heavy atom. The molecule has 1 aromatic heterocycles. The van der Waals surface area contributed by atoms with Gasteiger partial charge in [0, 0.05) is 22.2 Å². The fourth-order valence-corrected chi connectivity index (χ4v) is 6.18. The van der Waals surface area contributed by atoms with E-state index in [1.165, 1.54) is 49.6 Å². The number of carbonyl (C=O) groups excluding carboxylic acids is 1. The number of aromatic nitrogens is 1. The maximum Gasteiger partial charge on any atom is 0.250 e. The van der Waals surface area contributed by atoms with Gasteiger partial charge < -0.3 is 0 Å². The van der Waals surface area contributed by atoms with Gasteiger partial charge in [-0.25, -0.2) is 5.43 Å². The lowest BCUT2D eigenvalue weighted by molar-refractivity contribution is -0.118. The molecule has 1 aromatic carbocycles. The van der Waals surface area contributed by atoms with Crippen LogP contribution in [0.3, 0.4) is 0 Å². The van der Waals surface area contributed by atoms with Crippen molar-refractivity contribution in [1.82, 2.24) is 10.4 Å². The first-order valence-electron chi connectivity index (χ1n) is 9.59. The number of fused-ring (bicyclic) bond motifs is 1. The van der Waals surface area contributed by atoms with Crippen LogP contribution in [0, 0.1) is 23.7 Å². The highest BCUT2D eigenvalue weighted by Crippen LogP contribution is 2.52. The Hall–Kier alpha value is -1.88. The van der Waals surface area contributed by atoms with Crippen molar-refractivity contribution in [2.24, 2.45) is 28.8 Å². The highest BCUT2D eigenvalue weighted by atomic mass is 32.2. The largest absolute Gasteiger partial charge is 0.272 e. The maximum atomic E-state index is 12.3. The Balaban J connectivity index is 1.23. The maximum absolute atomic E-state index is 12.3. The summed E-state index contributed by atoms with van der Waals surface area (Å²) in [4.78, 5) is 17.8. The van der Waals surface area contributed by atoms with Crippen LogP contribution in [-0.4, -0.2) is 22.4 Å². The summed E-state index contributed by atoms with van der Waals surface area (Å²) in [6, 6.07) is 10.1. The van der Waals surface area contributed by atoms with E-state index in [0.29, 0.717) is 17.6 Å². The molecule has 134 valence electrons. The van der Waals surface area contributed by atoms with Crippen molar-refractivity contribution in [3.05, 3.63) is 36.5 Å². The normalized spacial score (nSPS) is 29.2. The molecule has 4 aliphatic rings. The number of nitrogens with one attached hydrogen (secondary N) is 1. The minimum atomic E-state index is -0.0239. The predicted molar refractivity (Wildman–Crippen MR) is 105 cm³/mol. The van der Waals surface area contributed by atoms with Gasteiger partial charge in [-0.3, -0.25) is 9.78 Å². The number of rotatable bonds is 4. The van der Waals surface area contributed by atoms with Gasteiger partial charge in [0.2, 0.25) is 5.91 Å². The van der Waals surface area contributed by atoms with Gasteiger partial charge in [0.05, 0.1) is 11.3 Å². The topological polar surface area (TPSA) is 54.4 Å². The molecular weight excluding hydrogens is 342 g/mol. The lowest BCUT2D eigenvalue weighted by Gasteiger charge is -2.50. The van der Waals surface area contributed by atoms with E-state index in [2.05, 4.69) is 15.5 Å². The molecule has 4 fully saturated rings. The number of nitrogens with zero attached hydrogens (tertiary/aromatic N) is 2. The molecule has 4 saturated carbocycles. The Morgan fingerprint density at radius 3 is 2.58 bits per heavy atom. The number of hydrazone groups is 1. The van der Waals surface area contributed by atoms with Crippen molar-refractivity contribution in [3.8, 4) is 0 Å². The zero-order valence-electron chi connectivity index (χ0n) is 14.7. The van der Waals surface area contributed by atoms with Crippen LogP contribution >= 0.6 is 11.8 Å². The van der Waals surface area contributed by atoms with Gasteiger partial charge in [0.25, 0.3) is 0 Å². The molecule has 5 heteroatoms. The molecule has 6 rings (SSSR count). The highest BCUT2D eigenvalue weighted by molar-refractivity contribution is 8.00. The molecule has 0 spiro atoms. The summed E-state index contributed by atoms with van der Waals surface area (Å²) < 4.78 is 0. The van der Waals surface area contributed by atoms with Crippen molar-refractivity contribution in [1.29, 1.82) is 0 Å². The first-order valence-corrected chi connectivity index (χ1v) is 10.6. The lowest BCUT2D eigenvalue weighted by atomic mass is 9.55. The monoisotopic (exact) mass is 365 g/mol. The molecule has 0 radical (unpaired) electrons. The van der Waals surface area contributed by atoms with Crippen molar-refractivity contribution in [2.75, 3.05) is 5.75 Å². The van der Waals surface area contributed by atoms with Gasteiger partial charge in [-0.05, 0) is 67.9 Å². The number of benzene rings is 1. The Labute approximate surface area is 157 Å². The van der Waals surface area contributed by atoms with E-state index in [9.17, 15) is 4.79 Å². The lowest BCUT2D eigenvalue weighted by Crippen LogP contribution is -2.46. The fraction of sp³-hybridized carbons (Fsp3) is 0.476. The van der Waals surface area contributed by atoms with Crippen LogP contribution in [0.2, 0.25) is 0 Å². The number of carbonyl (C=O) groups is 1. The van der Waals surface area contributed by atoms with E-state index in [1.54, 1.807) is 6.20 Å². The predicted octanol–water partition coefficient (Wildman–Crippen LogP) is 4.26. The first kappa shape index (κ1) is 16.3. The van der Waals surface area contributed by atoms with Gasteiger partial charge in [0.15, 0.2) is 0 Å². The quantitative estimate of drug-likeness (QED) is 0.651. The molecule has 0 unspecified atom stereocenters. The van der Waals surface area contributed by atoms with Gasteiger partial charge >= 0.3 is 0 Å². The number of hydrogen-bond donors (Lipinski definition) is 1.